The molecule has 2 aromatic carbocycles. The third kappa shape index (κ3) is 4.22. The molecule has 0 radical (unpaired) electrons. The number of halogens is 1. The highest BCUT2D eigenvalue weighted by atomic mass is 35.5. The van der Waals surface area contributed by atoms with Crippen LogP contribution in [-0.4, -0.2) is 52.1 Å². The summed E-state index contributed by atoms with van der Waals surface area (Å²) in [5.41, 5.74) is 5.39. The fourth-order valence-corrected chi connectivity index (χ4v) is 5.36. The number of rotatable bonds is 4. The first-order chi connectivity index (χ1) is 15.5. The van der Waals surface area contributed by atoms with Gasteiger partial charge in [0.05, 0.1) is 10.2 Å². The molecule has 32 heavy (non-hydrogen) atoms. The van der Waals surface area contributed by atoms with Crippen molar-refractivity contribution in [3.63, 3.8) is 0 Å². The molecule has 164 valence electrons. The van der Waals surface area contributed by atoms with Crippen molar-refractivity contribution in [2.45, 2.75) is 26.8 Å². The van der Waals surface area contributed by atoms with E-state index in [-0.39, 0.29) is 0 Å². The number of fused-ring (bicyclic) bond motifs is 1. The first-order valence-electron chi connectivity index (χ1n) is 11.0. The second kappa shape index (κ2) is 8.77. The van der Waals surface area contributed by atoms with E-state index in [4.69, 9.17) is 21.6 Å². The first kappa shape index (κ1) is 21.3. The molecule has 3 heterocycles. The highest BCUT2D eigenvalue weighted by Gasteiger charge is 2.21. The Balaban J connectivity index is 1.49. The number of benzene rings is 2. The number of hydrogen-bond donors (Lipinski definition) is 0. The lowest BCUT2D eigenvalue weighted by Crippen LogP contribution is -2.49. The maximum absolute atomic E-state index is 6.10. The van der Waals surface area contributed by atoms with Gasteiger partial charge in [0.15, 0.2) is 0 Å². The zero-order valence-electron chi connectivity index (χ0n) is 18.5. The minimum atomic E-state index is 0.574. The van der Waals surface area contributed by atoms with E-state index in [1.165, 1.54) is 15.8 Å². The third-order valence-corrected chi connectivity index (χ3v) is 7.36. The molecule has 1 aliphatic rings. The van der Waals surface area contributed by atoms with Gasteiger partial charge >= 0.3 is 0 Å². The van der Waals surface area contributed by atoms with Crippen LogP contribution in [0, 0.1) is 6.92 Å². The molecule has 5 rings (SSSR count). The van der Waals surface area contributed by atoms with Crippen LogP contribution >= 0.6 is 22.9 Å². The summed E-state index contributed by atoms with van der Waals surface area (Å²) in [4.78, 5) is 19.2. The molecule has 0 atom stereocenters. The summed E-state index contributed by atoms with van der Waals surface area (Å²) in [5, 5.41) is 1.66. The van der Waals surface area contributed by atoms with Crippen LogP contribution in [0.1, 0.15) is 19.4 Å². The fourth-order valence-electron chi connectivity index (χ4n) is 4.18. The fraction of sp³-hybridized carbons (Fsp3) is 0.320. The number of anilines is 1. The zero-order valence-corrected chi connectivity index (χ0v) is 20.1. The Labute approximate surface area is 197 Å². The van der Waals surface area contributed by atoms with Crippen LogP contribution < -0.4 is 4.90 Å². The number of nitrogens with zero attached hydrogens (tertiary/aromatic N) is 5. The molecule has 1 fully saturated rings. The minimum Gasteiger partial charge on any atom is -0.338 e. The Morgan fingerprint density at radius 1 is 0.969 bits per heavy atom. The lowest BCUT2D eigenvalue weighted by atomic mass is 10.0. The molecule has 7 heteroatoms. The Kier molecular flexibility index (Phi) is 5.84. The lowest BCUT2D eigenvalue weighted by molar-refractivity contribution is 0.208. The molecule has 0 unspecified atom stereocenters. The molecule has 0 amide bonds. The van der Waals surface area contributed by atoms with Crippen LogP contribution in [-0.2, 0) is 0 Å². The van der Waals surface area contributed by atoms with Gasteiger partial charge in [-0.3, -0.25) is 4.90 Å². The third-order valence-electron chi connectivity index (χ3n) is 5.98. The number of thiazole rings is 1. The second-order valence-electron chi connectivity index (χ2n) is 8.55. The Morgan fingerprint density at radius 3 is 2.44 bits per heavy atom. The van der Waals surface area contributed by atoms with E-state index in [0.29, 0.717) is 6.04 Å². The van der Waals surface area contributed by atoms with Crippen molar-refractivity contribution in [1.29, 1.82) is 0 Å². The average Bonchev–Trinajstić information content (AvgIpc) is 3.23. The summed E-state index contributed by atoms with van der Waals surface area (Å²) in [7, 11) is 0. The molecular weight excluding hydrogens is 438 g/mol. The summed E-state index contributed by atoms with van der Waals surface area (Å²) in [6.45, 7) is 10.6. The van der Waals surface area contributed by atoms with E-state index < -0.39 is 0 Å². The van der Waals surface area contributed by atoms with Gasteiger partial charge in [0.1, 0.15) is 10.7 Å². The van der Waals surface area contributed by atoms with Crippen LogP contribution in [0.5, 0.6) is 0 Å². The molecule has 1 saturated heterocycles. The van der Waals surface area contributed by atoms with Gasteiger partial charge in [0.25, 0.3) is 0 Å². The van der Waals surface area contributed by atoms with Crippen molar-refractivity contribution in [2.75, 3.05) is 31.1 Å². The van der Waals surface area contributed by atoms with Gasteiger partial charge in [-0.1, -0.05) is 23.7 Å². The van der Waals surface area contributed by atoms with E-state index >= 15 is 0 Å². The molecule has 0 saturated carbocycles. The lowest BCUT2D eigenvalue weighted by Gasteiger charge is -2.36. The van der Waals surface area contributed by atoms with Crippen LogP contribution in [0.3, 0.4) is 0 Å². The largest absolute Gasteiger partial charge is 0.338 e. The summed E-state index contributed by atoms with van der Waals surface area (Å²) in [6, 6.07) is 14.9. The average molecular weight is 464 g/mol. The Hall–Kier alpha value is -2.54. The van der Waals surface area contributed by atoms with Crippen LogP contribution in [0.25, 0.3) is 32.0 Å². The quantitative estimate of drug-likeness (QED) is 0.376. The minimum absolute atomic E-state index is 0.574. The molecule has 0 N–H and O–H groups in total. The molecule has 0 bridgehead atoms. The molecule has 0 aliphatic carbocycles. The van der Waals surface area contributed by atoms with Gasteiger partial charge < -0.3 is 4.90 Å². The number of aryl methyl sites for hydroxylation is 1. The Bertz CT molecular complexity index is 1240. The second-order valence-corrected chi connectivity index (χ2v) is 9.98. The van der Waals surface area contributed by atoms with Crippen molar-refractivity contribution < 1.29 is 0 Å². The summed E-state index contributed by atoms with van der Waals surface area (Å²) in [6.07, 6.45) is 1.85. The topological polar surface area (TPSA) is 45.2 Å². The standard InChI is InChI=1S/C25H26ClN5S/c1-16(2)30-10-12-31(13-11-30)25-27-9-8-21(29-25)24-28-22-15-17(3)14-20(23(22)32-24)18-4-6-19(26)7-5-18/h4-9,14-16H,10-13H2,1-3H3. The van der Waals surface area contributed by atoms with Crippen LogP contribution in [0.15, 0.2) is 48.7 Å². The van der Waals surface area contributed by atoms with E-state index in [0.717, 1.165) is 58.9 Å². The molecule has 1 aliphatic heterocycles. The first-order valence-corrected chi connectivity index (χ1v) is 12.2. The molecular formula is C25H26ClN5S. The van der Waals surface area contributed by atoms with Crippen molar-refractivity contribution in [1.82, 2.24) is 19.9 Å². The van der Waals surface area contributed by atoms with E-state index in [1.54, 1.807) is 11.3 Å². The number of piperazine rings is 1. The summed E-state index contributed by atoms with van der Waals surface area (Å²) >= 11 is 7.79. The Morgan fingerprint density at radius 2 is 1.72 bits per heavy atom. The summed E-state index contributed by atoms with van der Waals surface area (Å²) < 4.78 is 1.17. The van der Waals surface area contributed by atoms with Gasteiger partial charge in [-0.15, -0.1) is 11.3 Å². The van der Waals surface area contributed by atoms with Crippen molar-refractivity contribution >= 4 is 39.1 Å². The molecule has 0 spiro atoms. The highest BCUT2D eigenvalue weighted by Crippen LogP contribution is 2.37. The number of aromatic nitrogens is 3. The zero-order chi connectivity index (χ0) is 22.2. The molecule has 5 nitrogen and oxygen atoms in total. The van der Waals surface area contributed by atoms with Gasteiger partial charge in [-0.2, -0.15) is 0 Å². The van der Waals surface area contributed by atoms with Gasteiger partial charge in [0, 0.05) is 49.0 Å². The predicted molar refractivity (Wildman–Crippen MR) is 135 cm³/mol. The van der Waals surface area contributed by atoms with E-state index in [2.05, 4.69) is 59.8 Å². The maximum Gasteiger partial charge on any atom is 0.226 e. The van der Waals surface area contributed by atoms with Crippen molar-refractivity contribution in [2.24, 2.45) is 0 Å². The van der Waals surface area contributed by atoms with Crippen LogP contribution in [0.2, 0.25) is 5.02 Å². The van der Waals surface area contributed by atoms with Crippen molar-refractivity contribution in [3.8, 4) is 21.8 Å². The van der Waals surface area contributed by atoms with Crippen LogP contribution in [0.4, 0.5) is 5.95 Å². The SMILES string of the molecule is Cc1cc(-c2ccc(Cl)cc2)c2sc(-c3ccnc(N4CCN(C(C)C)CC4)n3)nc2c1. The van der Waals surface area contributed by atoms with Gasteiger partial charge in [-0.25, -0.2) is 15.0 Å². The molecule has 4 aromatic rings. The van der Waals surface area contributed by atoms with E-state index in [1.807, 2.05) is 24.4 Å². The monoisotopic (exact) mass is 463 g/mol. The van der Waals surface area contributed by atoms with Gasteiger partial charge in [-0.05, 0) is 62.2 Å². The highest BCUT2D eigenvalue weighted by molar-refractivity contribution is 7.22. The predicted octanol–water partition coefficient (Wildman–Crippen LogP) is 5.91. The normalized spacial score (nSPS) is 15.1. The van der Waals surface area contributed by atoms with Gasteiger partial charge in [0.2, 0.25) is 5.95 Å². The van der Waals surface area contributed by atoms with E-state index in [9.17, 15) is 0 Å². The maximum atomic E-state index is 6.10. The smallest absolute Gasteiger partial charge is 0.226 e. The number of hydrogen-bond acceptors (Lipinski definition) is 6. The van der Waals surface area contributed by atoms with Crippen molar-refractivity contribution in [3.05, 3.63) is 59.2 Å². The summed E-state index contributed by atoms with van der Waals surface area (Å²) in [5.74, 6) is 0.791. The molecule has 2 aromatic heterocycles.